The monoisotopic (exact) mass is 401 g/mol. The quantitative estimate of drug-likeness (QED) is 0.766. The standard InChI is InChI=1S/C13H15F3INO2/c1-8(2)6-18-12(19)9-3-4-11(10(17)5-9)20-7-13(14,15)16/h3-5,8H,6-7H2,1-2H3,(H,18,19). The number of hydrogen-bond donors (Lipinski definition) is 1. The molecule has 0 atom stereocenters. The number of hydrogen-bond acceptors (Lipinski definition) is 2. The van der Waals surface area contributed by atoms with E-state index in [9.17, 15) is 18.0 Å². The van der Waals surface area contributed by atoms with Crippen LogP contribution in [-0.2, 0) is 0 Å². The molecule has 0 unspecified atom stereocenters. The SMILES string of the molecule is CC(C)CNC(=O)c1ccc(OCC(F)(F)F)c(I)c1. The molecule has 1 aromatic carbocycles. The van der Waals surface area contributed by atoms with Gasteiger partial charge in [-0.3, -0.25) is 4.79 Å². The van der Waals surface area contributed by atoms with E-state index < -0.39 is 12.8 Å². The third kappa shape index (κ3) is 5.98. The van der Waals surface area contributed by atoms with E-state index in [1.165, 1.54) is 18.2 Å². The number of amides is 1. The molecule has 0 heterocycles. The highest BCUT2D eigenvalue weighted by atomic mass is 127. The lowest BCUT2D eigenvalue weighted by molar-refractivity contribution is -0.153. The van der Waals surface area contributed by atoms with Gasteiger partial charge < -0.3 is 10.1 Å². The van der Waals surface area contributed by atoms with E-state index in [1.54, 1.807) is 0 Å². The van der Waals surface area contributed by atoms with Crippen LogP contribution in [0.25, 0.3) is 0 Å². The maximum atomic E-state index is 12.1. The molecule has 1 rings (SSSR count). The third-order valence-corrected chi connectivity index (χ3v) is 3.10. The van der Waals surface area contributed by atoms with E-state index in [0.717, 1.165) is 0 Å². The van der Waals surface area contributed by atoms with Crippen molar-refractivity contribution in [2.24, 2.45) is 5.92 Å². The van der Waals surface area contributed by atoms with Gasteiger partial charge in [0.05, 0.1) is 3.57 Å². The van der Waals surface area contributed by atoms with Crippen LogP contribution in [0.3, 0.4) is 0 Å². The van der Waals surface area contributed by atoms with Crippen molar-refractivity contribution < 1.29 is 22.7 Å². The van der Waals surface area contributed by atoms with Gasteiger partial charge in [0, 0.05) is 12.1 Å². The van der Waals surface area contributed by atoms with Crippen LogP contribution < -0.4 is 10.1 Å². The summed E-state index contributed by atoms with van der Waals surface area (Å²) in [5.41, 5.74) is 0.398. The lowest BCUT2D eigenvalue weighted by Gasteiger charge is -2.12. The number of carbonyl (C=O) groups excluding carboxylic acids is 1. The van der Waals surface area contributed by atoms with Crippen LogP contribution in [0.4, 0.5) is 13.2 Å². The molecule has 20 heavy (non-hydrogen) atoms. The smallest absolute Gasteiger partial charge is 0.422 e. The van der Waals surface area contributed by atoms with Gasteiger partial charge in [0.15, 0.2) is 6.61 Å². The summed E-state index contributed by atoms with van der Waals surface area (Å²) in [7, 11) is 0. The van der Waals surface area contributed by atoms with E-state index in [0.29, 0.717) is 21.6 Å². The molecular formula is C13H15F3INO2. The molecule has 3 nitrogen and oxygen atoms in total. The predicted octanol–water partition coefficient (Wildman–Crippen LogP) is 3.62. The molecule has 1 N–H and O–H groups in total. The molecule has 0 radical (unpaired) electrons. The van der Waals surface area contributed by atoms with E-state index in [4.69, 9.17) is 0 Å². The minimum Gasteiger partial charge on any atom is -0.483 e. The highest BCUT2D eigenvalue weighted by molar-refractivity contribution is 14.1. The predicted molar refractivity (Wildman–Crippen MR) is 77.9 cm³/mol. The number of carbonyl (C=O) groups is 1. The Morgan fingerprint density at radius 1 is 1.40 bits per heavy atom. The van der Waals surface area contributed by atoms with Crippen molar-refractivity contribution in [2.75, 3.05) is 13.2 Å². The van der Waals surface area contributed by atoms with E-state index in [2.05, 4.69) is 10.1 Å². The largest absolute Gasteiger partial charge is 0.483 e. The molecule has 0 fully saturated rings. The summed E-state index contributed by atoms with van der Waals surface area (Å²) in [6.45, 7) is 3.14. The van der Waals surface area contributed by atoms with Crippen molar-refractivity contribution in [1.82, 2.24) is 5.32 Å². The van der Waals surface area contributed by atoms with Crippen LogP contribution in [0.5, 0.6) is 5.75 Å². The van der Waals surface area contributed by atoms with Gasteiger partial charge in [-0.1, -0.05) is 13.8 Å². The fourth-order valence-corrected chi connectivity index (χ4v) is 1.99. The van der Waals surface area contributed by atoms with Crippen LogP contribution in [0, 0.1) is 9.49 Å². The zero-order chi connectivity index (χ0) is 15.3. The zero-order valence-corrected chi connectivity index (χ0v) is 13.2. The number of halogens is 4. The van der Waals surface area contributed by atoms with Gasteiger partial charge in [-0.2, -0.15) is 13.2 Å². The summed E-state index contributed by atoms with van der Waals surface area (Å²) >= 11 is 1.84. The Hall–Kier alpha value is -0.990. The molecule has 0 spiro atoms. The molecule has 112 valence electrons. The summed E-state index contributed by atoms with van der Waals surface area (Å²) in [5.74, 6) is 0.190. The average molecular weight is 401 g/mol. The number of ether oxygens (including phenoxy) is 1. The summed E-state index contributed by atoms with van der Waals surface area (Å²) in [6.07, 6.45) is -4.38. The Labute approximate surface area is 129 Å². The first-order valence-electron chi connectivity index (χ1n) is 5.96. The molecule has 1 aromatic rings. The van der Waals surface area contributed by atoms with Gasteiger partial charge >= 0.3 is 6.18 Å². The molecule has 0 aliphatic carbocycles. The van der Waals surface area contributed by atoms with Crippen molar-refractivity contribution in [3.05, 3.63) is 27.3 Å². The van der Waals surface area contributed by atoms with Crippen molar-refractivity contribution in [3.8, 4) is 5.75 Å². The van der Waals surface area contributed by atoms with Crippen molar-refractivity contribution in [1.29, 1.82) is 0 Å². The first kappa shape index (κ1) is 17.1. The summed E-state index contributed by atoms with van der Waals surface area (Å²) in [5, 5.41) is 2.74. The average Bonchev–Trinajstić information content (AvgIpc) is 2.33. The first-order chi connectivity index (χ1) is 9.19. The van der Waals surface area contributed by atoms with Crippen LogP contribution in [0.1, 0.15) is 24.2 Å². The second-order valence-corrected chi connectivity index (χ2v) is 5.82. The van der Waals surface area contributed by atoms with Crippen LogP contribution in [0.2, 0.25) is 0 Å². The maximum Gasteiger partial charge on any atom is 0.422 e. The summed E-state index contributed by atoms with van der Waals surface area (Å²) in [6, 6.07) is 4.32. The van der Waals surface area contributed by atoms with Gasteiger partial charge in [-0.15, -0.1) is 0 Å². The van der Waals surface area contributed by atoms with Gasteiger partial charge in [0.25, 0.3) is 5.91 Å². The second-order valence-electron chi connectivity index (χ2n) is 4.65. The molecule has 0 aromatic heterocycles. The number of rotatable bonds is 5. The molecule has 0 saturated heterocycles. The number of alkyl halides is 3. The van der Waals surface area contributed by atoms with Crippen molar-refractivity contribution in [3.63, 3.8) is 0 Å². The van der Waals surface area contributed by atoms with Crippen LogP contribution >= 0.6 is 22.6 Å². The maximum absolute atomic E-state index is 12.1. The molecule has 0 saturated carbocycles. The number of benzene rings is 1. The lowest BCUT2D eigenvalue weighted by Crippen LogP contribution is -2.27. The molecule has 1 amide bonds. The van der Waals surface area contributed by atoms with Gasteiger partial charge in [0.1, 0.15) is 5.75 Å². The zero-order valence-electron chi connectivity index (χ0n) is 11.1. The number of nitrogens with one attached hydrogen (secondary N) is 1. The minimum atomic E-state index is -4.38. The van der Waals surface area contributed by atoms with Crippen molar-refractivity contribution >= 4 is 28.5 Å². The van der Waals surface area contributed by atoms with E-state index in [-0.39, 0.29) is 11.7 Å². The minimum absolute atomic E-state index is 0.114. The van der Waals surface area contributed by atoms with Gasteiger partial charge in [-0.25, -0.2) is 0 Å². The van der Waals surface area contributed by atoms with Gasteiger partial charge in [0.2, 0.25) is 0 Å². The Kier molecular flexibility index (Phi) is 6.09. The topological polar surface area (TPSA) is 38.3 Å². The molecule has 0 aliphatic heterocycles. The summed E-state index contributed by atoms with van der Waals surface area (Å²) in [4.78, 5) is 11.8. The molecular weight excluding hydrogens is 386 g/mol. The Balaban J connectivity index is 2.70. The fraction of sp³-hybridized carbons (Fsp3) is 0.462. The fourth-order valence-electron chi connectivity index (χ4n) is 1.32. The highest BCUT2D eigenvalue weighted by Crippen LogP contribution is 2.24. The van der Waals surface area contributed by atoms with E-state index >= 15 is 0 Å². The summed E-state index contributed by atoms with van der Waals surface area (Å²) < 4.78 is 41.3. The molecule has 7 heteroatoms. The molecule has 0 aliphatic rings. The van der Waals surface area contributed by atoms with Crippen LogP contribution in [0.15, 0.2) is 18.2 Å². The lowest BCUT2D eigenvalue weighted by atomic mass is 10.2. The third-order valence-electron chi connectivity index (χ3n) is 2.26. The van der Waals surface area contributed by atoms with Crippen molar-refractivity contribution in [2.45, 2.75) is 20.0 Å². The normalized spacial score (nSPS) is 11.6. The Morgan fingerprint density at radius 2 is 2.05 bits per heavy atom. The Bertz CT molecular complexity index is 475. The Morgan fingerprint density at radius 3 is 2.55 bits per heavy atom. The first-order valence-corrected chi connectivity index (χ1v) is 7.04. The van der Waals surface area contributed by atoms with E-state index in [1.807, 2.05) is 36.4 Å². The second kappa shape index (κ2) is 7.14. The van der Waals surface area contributed by atoms with Gasteiger partial charge in [-0.05, 0) is 46.7 Å². The molecule has 0 bridgehead atoms. The highest BCUT2D eigenvalue weighted by Gasteiger charge is 2.28. The van der Waals surface area contributed by atoms with Crippen LogP contribution in [-0.4, -0.2) is 25.2 Å².